The van der Waals surface area contributed by atoms with E-state index in [0.717, 1.165) is 12.8 Å². The minimum Gasteiger partial charge on any atom is -0.461 e. The zero-order valence-electron chi connectivity index (χ0n) is 11.5. The molecule has 0 spiro atoms. The minimum atomic E-state index is -0.489. The maximum absolute atomic E-state index is 12.4. The Morgan fingerprint density at radius 1 is 1.61 bits per heavy atom. The van der Waals surface area contributed by atoms with Gasteiger partial charge in [-0.15, -0.1) is 6.58 Å². The molecule has 100 valence electrons. The Balaban J connectivity index is 2.39. The highest BCUT2D eigenvalue weighted by atomic mass is 16.5. The van der Waals surface area contributed by atoms with E-state index < -0.39 is 5.41 Å². The largest absolute Gasteiger partial charge is 0.461 e. The smallest absolute Gasteiger partial charge is 0.302 e. The average molecular weight is 250 g/mol. The number of ether oxygens (including phenoxy) is 1. The molecular weight excluding hydrogens is 228 g/mol. The van der Waals surface area contributed by atoms with E-state index in [4.69, 9.17) is 4.74 Å². The van der Waals surface area contributed by atoms with E-state index in [0.29, 0.717) is 18.8 Å². The summed E-state index contributed by atoms with van der Waals surface area (Å²) in [7, 11) is 0. The van der Waals surface area contributed by atoms with Crippen molar-refractivity contribution >= 4 is 11.8 Å². The first-order valence-electron chi connectivity index (χ1n) is 6.67. The second kappa shape index (κ2) is 4.22. The predicted octanol–water partition coefficient (Wildman–Crippen LogP) is 2.89. The van der Waals surface area contributed by atoms with Crippen LogP contribution in [0, 0.1) is 16.7 Å². The third-order valence-corrected chi connectivity index (χ3v) is 5.23. The molecule has 2 rings (SSSR count). The summed E-state index contributed by atoms with van der Waals surface area (Å²) in [5.74, 6) is 0.403. The lowest BCUT2D eigenvalue weighted by molar-refractivity contribution is -0.162. The van der Waals surface area contributed by atoms with Crippen molar-refractivity contribution in [3.05, 3.63) is 12.7 Å². The summed E-state index contributed by atoms with van der Waals surface area (Å²) < 4.78 is 5.47. The van der Waals surface area contributed by atoms with Gasteiger partial charge in [-0.2, -0.15) is 0 Å². The first kappa shape index (κ1) is 13.3. The number of Topliss-reactive ketones (excluding diaryl/α,β-unsaturated/α-hetero) is 1. The van der Waals surface area contributed by atoms with Crippen LogP contribution in [-0.2, 0) is 14.3 Å². The van der Waals surface area contributed by atoms with Gasteiger partial charge in [0.2, 0.25) is 0 Å². The van der Waals surface area contributed by atoms with E-state index in [2.05, 4.69) is 20.4 Å². The van der Waals surface area contributed by atoms with E-state index in [1.165, 1.54) is 6.92 Å². The van der Waals surface area contributed by atoms with Crippen LogP contribution in [0.1, 0.15) is 46.5 Å². The van der Waals surface area contributed by atoms with Gasteiger partial charge >= 0.3 is 5.97 Å². The van der Waals surface area contributed by atoms with Gasteiger partial charge in [-0.3, -0.25) is 9.59 Å². The third kappa shape index (κ3) is 1.56. The van der Waals surface area contributed by atoms with Gasteiger partial charge < -0.3 is 4.74 Å². The van der Waals surface area contributed by atoms with Crippen molar-refractivity contribution in [2.45, 2.75) is 52.6 Å². The Bertz CT molecular complexity index is 397. The predicted molar refractivity (Wildman–Crippen MR) is 68.9 cm³/mol. The summed E-state index contributed by atoms with van der Waals surface area (Å²) in [4.78, 5) is 23.8. The molecule has 0 saturated heterocycles. The van der Waals surface area contributed by atoms with Gasteiger partial charge in [0.05, 0.1) is 5.41 Å². The Hall–Kier alpha value is -1.12. The molecule has 2 aliphatic rings. The van der Waals surface area contributed by atoms with Gasteiger partial charge in [-0.1, -0.05) is 19.9 Å². The van der Waals surface area contributed by atoms with Crippen LogP contribution >= 0.6 is 0 Å². The highest BCUT2D eigenvalue weighted by Crippen LogP contribution is 2.66. The van der Waals surface area contributed by atoms with Crippen molar-refractivity contribution in [3.63, 3.8) is 0 Å². The van der Waals surface area contributed by atoms with E-state index in [1.807, 2.05) is 0 Å². The topological polar surface area (TPSA) is 43.4 Å². The molecule has 0 amide bonds. The van der Waals surface area contributed by atoms with Crippen LogP contribution < -0.4 is 0 Å². The molecule has 0 N–H and O–H groups in total. The zero-order valence-corrected chi connectivity index (χ0v) is 11.5. The van der Waals surface area contributed by atoms with E-state index in [1.54, 1.807) is 6.08 Å². The third-order valence-electron chi connectivity index (χ3n) is 5.23. The molecule has 3 atom stereocenters. The van der Waals surface area contributed by atoms with Gasteiger partial charge in [0.15, 0.2) is 0 Å². The second-order valence-electron chi connectivity index (χ2n) is 6.18. The molecule has 0 radical (unpaired) electrons. The molecule has 2 saturated carbocycles. The zero-order chi connectivity index (χ0) is 13.6. The monoisotopic (exact) mass is 250 g/mol. The van der Waals surface area contributed by atoms with Crippen molar-refractivity contribution in [3.8, 4) is 0 Å². The van der Waals surface area contributed by atoms with Gasteiger partial charge in [-0.25, -0.2) is 0 Å². The highest BCUT2D eigenvalue weighted by Gasteiger charge is 2.67. The summed E-state index contributed by atoms with van der Waals surface area (Å²) >= 11 is 0. The van der Waals surface area contributed by atoms with Crippen LogP contribution in [0.25, 0.3) is 0 Å². The molecule has 0 aromatic heterocycles. The summed E-state index contributed by atoms with van der Waals surface area (Å²) in [6, 6.07) is 0. The number of hydrogen-bond acceptors (Lipinski definition) is 3. The molecule has 0 heterocycles. The Morgan fingerprint density at radius 3 is 2.67 bits per heavy atom. The molecule has 3 heteroatoms. The number of carbonyl (C=O) groups excluding carboxylic acids is 2. The summed E-state index contributed by atoms with van der Waals surface area (Å²) in [5.41, 5.74) is -0.565. The molecule has 2 bridgehead atoms. The van der Waals surface area contributed by atoms with Crippen LogP contribution in [-0.4, -0.2) is 17.9 Å². The Labute approximate surface area is 109 Å². The fraction of sp³-hybridized carbons (Fsp3) is 0.733. The lowest BCUT2D eigenvalue weighted by atomic mass is 9.64. The van der Waals surface area contributed by atoms with Crippen LogP contribution in [0.2, 0.25) is 0 Å². The molecule has 18 heavy (non-hydrogen) atoms. The first-order chi connectivity index (χ1) is 8.36. The molecule has 3 nitrogen and oxygen atoms in total. The average Bonchev–Trinajstić information content (AvgIpc) is 2.61. The highest BCUT2D eigenvalue weighted by molar-refractivity contribution is 5.90. The lowest BCUT2D eigenvalue weighted by Crippen LogP contribution is -2.48. The quantitative estimate of drug-likeness (QED) is 0.569. The van der Waals surface area contributed by atoms with Gasteiger partial charge in [0.25, 0.3) is 0 Å². The summed E-state index contributed by atoms with van der Waals surface area (Å²) in [5, 5.41) is 0. The molecular formula is C15H22O3. The number of esters is 1. The van der Waals surface area contributed by atoms with E-state index in [-0.39, 0.29) is 23.3 Å². The SMILES string of the molecule is C=CC[C@@H](OC(C)=O)[C@]12CC[C@H](CC1=O)C2(C)C. The van der Waals surface area contributed by atoms with Crippen LogP contribution in [0.15, 0.2) is 12.7 Å². The van der Waals surface area contributed by atoms with Crippen molar-refractivity contribution in [2.75, 3.05) is 0 Å². The van der Waals surface area contributed by atoms with Crippen LogP contribution in [0.5, 0.6) is 0 Å². The molecule has 2 fully saturated rings. The van der Waals surface area contributed by atoms with Crippen molar-refractivity contribution < 1.29 is 14.3 Å². The van der Waals surface area contributed by atoms with Crippen molar-refractivity contribution in [1.82, 2.24) is 0 Å². The van der Waals surface area contributed by atoms with Crippen molar-refractivity contribution in [2.24, 2.45) is 16.7 Å². The normalized spacial score (nSPS) is 34.4. The first-order valence-corrected chi connectivity index (χ1v) is 6.67. The Morgan fingerprint density at radius 2 is 2.28 bits per heavy atom. The molecule has 2 aliphatic carbocycles. The maximum atomic E-state index is 12.4. The van der Waals surface area contributed by atoms with Gasteiger partial charge in [-0.05, 0) is 24.2 Å². The fourth-order valence-electron chi connectivity index (χ4n) is 4.17. The number of ketones is 1. The summed E-state index contributed by atoms with van der Waals surface area (Å²) in [6.07, 6.45) is 4.51. The number of carbonyl (C=O) groups is 2. The number of fused-ring (bicyclic) bond motifs is 2. The van der Waals surface area contributed by atoms with Crippen LogP contribution in [0.3, 0.4) is 0 Å². The molecule has 0 aromatic rings. The van der Waals surface area contributed by atoms with E-state index >= 15 is 0 Å². The number of hydrogen-bond donors (Lipinski definition) is 0. The van der Waals surface area contributed by atoms with Gasteiger partial charge in [0, 0.05) is 19.8 Å². The number of rotatable bonds is 4. The summed E-state index contributed by atoms with van der Waals surface area (Å²) in [6.45, 7) is 9.43. The maximum Gasteiger partial charge on any atom is 0.302 e. The minimum absolute atomic E-state index is 0.0762. The van der Waals surface area contributed by atoms with Crippen molar-refractivity contribution in [1.29, 1.82) is 0 Å². The second-order valence-corrected chi connectivity index (χ2v) is 6.18. The Kier molecular flexibility index (Phi) is 3.12. The van der Waals surface area contributed by atoms with E-state index in [9.17, 15) is 9.59 Å². The molecule has 0 unspecified atom stereocenters. The fourth-order valence-corrected chi connectivity index (χ4v) is 4.17. The molecule has 0 aliphatic heterocycles. The van der Waals surface area contributed by atoms with Gasteiger partial charge in [0.1, 0.15) is 11.9 Å². The molecule has 0 aromatic carbocycles. The van der Waals surface area contributed by atoms with Crippen LogP contribution in [0.4, 0.5) is 0 Å². The standard InChI is InChI=1S/C15H22O3/c1-5-6-13(18-10(2)16)15-8-7-11(9-12(15)17)14(15,3)4/h5,11,13H,1,6-9H2,2-4H3/t11-,13-,15+/m1/s1. The lowest BCUT2D eigenvalue weighted by Gasteiger charge is -2.41.